The first kappa shape index (κ1) is 18.7. The van der Waals surface area contributed by atoms with Crippen molar-refractivity contribution < 1.29 is 19.1 Å². The largest absolute Gasteiger partial charge is 0.490 e. The molecular formula is C18H17ClN4O4. The standard InChI is InChI=1S/C18H17ClN4O4/c1-2-26-15-6-10(5-12(19)17(15)27-9-16(20)24)8-21-11-3-4-13-14(7-11)23-18(25)22-13/h3-7,21H,2,8-9H2,1H3,(H2,20,24). The number of nitrogens with one attached hydrogen (secondary N) is 1. The van der Waals surface area contributed by atoms with Gasteiger partial charge in [0.05, 0.1) is 22.3 Å². The van der Waals surface area contributed by atoms with E-state index in [0.717, 1.165) is 11.3 Å². The molecule has 3 amide bonds. The Morgan fingerprint density at radius 3 is 2.70 bits per heavy atom. The molecule has 1 aliphatic heterocycles. The van der Waals surface area contributed by atoms with Gasteiger partial charge >= 0.3 is 6.03 Å². The Morgan fingerprint density at radius 2 is 1.96 bits per heavy atom. The summed E-state index contributed by atoms with van der Waals surface area (Å²) in [5.74, 6) is 0.0976. The monoisotopic (exact) mass is 388 g/mol. The fourth-order valence-corrected chi connectivity index (χ4v) is 2.81. The highest BCUT2D eigenvalue weighted by atomic mass is 35.5. The number of hydrogen-bond acceptors (Lipinski definition) is 5. The van der Waals surface area contributed by atoms with E-state index in [1.165, 1.54) is 0 Å². The number of primary amides is 1. The molecule has 0 spiro atoms. The molecule has 8 nitrogen and oxygen atoms in total. The average Bonchev–Trinajstić information content (AvgIpc) is 2.98. The van der Waals surface area contributed by atoms with Crippen molar-refractivity contribution in [2.45, 2.75) is 13.5 Å². The molecular weight excluding hydrogens is 372 g/mol. The third-order valence-corrected chi connectivity index (χ3v) is 3.91. The lowest BCUT2D eigenvalue weighted by atomic mass is 10.2. The van der Waals surface area contributed by atoms with Gasteiger partial charge in [0, 0.05) is 12.2 Å². The van der Waals surface area contributed by atoms with Crippen molar-refractivity contribution in [2.24, 2.45) is 15.7 Å². The number of hydrogen-bond donors (Lipinski definition) is 2. The van der Waals surface area contributed by atoms with Crippen LogP contribution >= 0.6 is 11.6 Å². The van der Waals surface area contributed by atoms with Gasteiger partial charge in [0.25, 0.3) is 5.91 Å². The van der Waals surface area contributed by atoms with E-state index in [1.807, 2.05) is 13.0 Å². The van der Waals surface area contributed by atoms with Gasteiger partial charge in [-0.1, -0.05) is 11.6 Å². The van der Waals surface area contributed by atoms with E-state index < -0.39 is 11.9 Å². The lowest BCUT2D eigenvalue weighted by molar-refractivity contribution is -0.119. The van der Waals surface area contributed by atoms with Gasteiger partial charge in [0.1, 0.15) is 0 Å². The van der Waals surface area contributed by atoms with Crippen LogP contribution in [0.5, 0.6) is 11.5 Å². The van der Waals surface area contributed by atoms with Gasteiger partial charge in [0.2, 0.25) is 0 Å². The molecule has 27 heavy (non-hydrogen) atoms. The first-order valence-electron chi connectivity index (χ1n) is 8.18. The van der Waals surface area contributed by atoms with Gasteiger partial charge in [0.15, 0.2) is 18.1 Å². The van der Waals surface area contributed by atoms with Gasteiger partial charge in [-0.25, -0.2) is 4.79 Å². The second-order valence-corrected chi connectivity index (χ2v) is 6.06. The fourth-order valence-electron chi connectivity index (χ4n) is 2.52. The zero-order valence-corrected chi connectivity index (χ0v) is 15.2. The van der Waals surface area contributed by atoms with Gasteiger partial charge < -0.3 is 20.5 Å². The number of amides is 3. The Labute approximate surface area is 159 Å². The van der Waals surface area contributed by atoms with E-state index in [0.29, 0.717) is 34.6 Å². The molecule has 3 N–H and O–H groups in total. The molecule has 0 atom stereocenters. The van der Waals surface area contributed by atoms with Crippen molar-refractivity contribution in [3.63, 3.8) is 0 Å². The Balaban J connectivity index is 1.78. The van der Waals surface area contributed by atoms with Crippen molar-refractivity contribution in [1.29, 1.82) is 0 Å². The minimum atomic E-state index is -0.605. The normalized spacial score (nSPS) is 12.0. The predicted octanol–water partition coefficient (Wildman–Crippen LogP) is 1.59. The molecule has 140 valence electrons. The highest BCUT2D eigenvalue weighted by Gasteiger charge is 2.14. The lowest BCUT2D eigenvalue weighted by Gasteiger charge is -2.15. The van der Waals surface area contributed by atoms with Crippen LogP contribution < -0.4 is 31.2 Å². The lowest BCUT2D eigenvalue weighted by Crippen LogP contribution is -2.21. The van der Waals surface area contributed by atoms with E-state index in [-0.39, 0.29) is 12.4 Å². The van der Waals surface area contributed by atoms with Crippen LogP contribution in [0.25, 0.3) is 0 Å². The van der Waals surface area contributed by atoms with E-state index in [1.54, 1.807) is 24.3 Å². The maximum absolute atomic E-state index is 11.2. The summed E-state index contributed by atoms with van der Waals surface area (Å²) in [6.45, 7) is 2.39. The molecule has 0 unspecified atom stereocenters. The summed E-state index contributed by atoms with van der Waals surface area (Å²) in [6.07, 6.45) is 0. The quantitative estimate of drug-likeness (QED) is 0.712. The fraction of sp³-hybridized carbons (Fsp3) is 0.222. The maximum Gasteiger partial charge on any atom is 0.368 e. The topological polar surface area (TPSA) is 115 Å². The Hall–Kier alpha value is -3.13. The van der Waals surface area contributed by atoms with Crippen LogP contribution in [0.15, 0.2) is 40.3 Å². The zero-order valence-electron chi connectivity index (χ0n) is 14.5. The third kappa shape index (κ3) is 4.53. The Kier molecular flexibility index (Phi) is 5.56. The second kappa shape index (κ2) is 8.05. The highest BCUT2D eigenvalue weighted by molar-refractivity contribution is 6.32. The van der Waals surface area contributed by atoms with Crippen molar-refractivity contribution >= 4 is 29.2 Å². The predicted molar refractivity (Wildman–Crippen MR) is 98.8 cm³/mol. The molecule has 1 aliphatic rings. The van der Waals surface area contributed by atoms with E-state index in [2.05, 4.69) is 15.3 Å². The molecule has 2 aromatic rings. The summed E-state index contributed by atoms with van der Waals surface area (Å²) in [5, 5.41) is 4.64. The Bertz CT molecular complexity index is 1020. The highest BCUT2D eigenvalue weighted by Crippen LogP contribution is 2.36. The molecule has 0 fully saturated rings. The number of anilines is 1. The number of nitrogens with two attached hydrogens (primary N) is 1. The summed E-state index contributed by atoms with van der Waals surface area (Å²) in [5.41, 5.74) is 6.73. The molecule has 0 radical (unpaired) electrons. The van der Waals surface area contributed by atoms with E-state index in [4.69, 9.17) is 26.8 Å². The van der Waals surface area contributed by atoms with Gasteiger partial charge in [-0.3, -0.25) is 4.79 Å². The van der Waals surface area contributed by atoms with Gasteiger partial charge in [-0.2, -0.15) is 9.98 Å². The number of fused-ring (bicyclic) bond motifs is 1. The van der Waals surface area contributed by atoms with Crippen LogP contribution in [-0.2, 0) is 11.3 Å². The summed E-state index contributed by atoms with van der Waals surface area (Å²) >= 11 is 6.28. The Morgan fingerprint density at radius 1 is 1.19 bits per heavy atom. The molecule has 1 heterocycles. The van der Waals surface area contributed by atoms with Crippen LogP contribution in [0.2, 0.25) is 5.02 Å². The van der Waals surface area contributed by atoms with Crippen LogP contribution in [0.1, 0.15) is 12.5 Å². The summed E-state index contributed by atoms with van der Waals surface area (Å²) < 4.78 is 10.9. The zero-order chi connectivity index (χ0) is 19.4. The molecule has 0 bridgehead atoms. The maximum atomic E-state index is 11.2. The summed E-state index contributed by atoms with van der Waals surface area (Å²) in [4.78, 5) is 29.8. The third-order valence-electron chi connectivity index (χ3n) is 3.63. The molecule has 0 saturated carbocycles. The SMILES string of the molecule is CCOc1cc(CNc2ccc3c(c2)=NC(=O)N=3)cc(Cl)c1OCC(N)=O. The number of ether oxygens (including phenoxy) is 2. The number of carbonyl (C=O) groups is 2. The van der Waals surface area contributed by atoms with E-state index in [9.17, 15) is 9.59 Å². The van der Waals surface area contributed by atoms with Crippen molar-refractivity contribution in [3.8, 4) is 11.5 Å². The van der Waals surface area contributed by atoms with Crippen molar-refractivity contribution in [2.75, 3.05) is 18.5 Å². The number of rotatable bonds is 8. The molecule has 9 heteroatoms. The minimum Gasteiger partial charge on any atom is -0.490 e. The van der Waals surface area contributed by atoms with Crippen molar-refractivity contribution in [3.05, 3.63) is 51.6 Å². The van der Waals surface area contributed by atoms with Crippen LogP contribution in [0.3, 0.4) is 0 Å². The molecule has 3 rings (SSSR count). The van der Waals surface area contributed by atoms with Crippen LogP contribution in [0.4, 0.5) is 10.5 Å². The number of nitrogens with zero attached hydrogens (tertiary/aromatic N) is 2. The number of carbonyl (C=O) groups excluding carboxylic acids is 2. The molecule has 2 aromatic carbocycles. The minimum absolute atomic E-state index is 0.275. The number of benzene rings is 2. The summed E-state index contributed by atoms with van der Waals surface area (Å²) in [7, 11) is 0. The molecule has 0 saturated heterocycles. The van der Waals surface area contributed by atoms with Crippen molar-refractivity contribution in [1.82, 2.24) is 0 Å². The first-order chi connectivity index (χ1) is 13.0. The van der Waals surface area contributed by atoms with Gasteiger partial charge in [-0.15, -0.1) is 0 Å². The van der Waals surface area contributed by atoms with E-state index >= 15 is 0 Å². The van der Waals surface area contributed by atoms with Crippen LogP contribution in [-0.4, -0.2) is 25.2 Å². The molecule has 0 aromatic heterocycles. The first-order valence-corrected chi connectivity index (χ1v) is 8.55. The molecule has 0 aliphatic carbocycles. The van der Waals surface area contributed by atoms with Gasteiger partial charge in [-0.05, 0) is 42.8 Å². The average molecular weight is 389 g/mol. The smallest absolute Gasteiger partial charge is 0.368 e. The second-order valence-electron chi connectivity index (χ2n) is 5.66. The summed E-state index contributed by atoms with van der Waals surface area (Å²) in [6, 6.07) is 8.28. The number of urea groups is 1. The van der Waals surface area contributed by atoms with Crippen LogP contribution in [0, 0.1) is 0 Å². The number of halogens is 1.